The van der Waals surface area contributed by atoms with Crippen molar-refractivity contribution in [3.63, 3.8) is 0 Å². The molecule has 9 heteroatoms. The van der Waals surface area contributed by atoms with E-state index in [0.717, 1.165) is 22.0 Å². The summed E-state index contributed by atoms with van der Waals surface area (Å²) >= 11 is 0. The molecule has 4 rings (SSSR count). The molecule has 0 radical (unpaired) electrons. The van der Waals surface area contributed by atoms with Crippen LogP contribution in [0.3, 0.4) is 0 Å². The molecule has 0 aliphatic carbocycles. The molecule has 1 N–H and O–H groups in total. The zero-order valence-corrected chi connectivity index (χ0v) is 20.9. The lowest BCUT2D eigenvalue weighted by Crippen LogP contribution is -2.40. The summed E-state index contributed by atoms with van der Waals surface area (Å²) in [7, 11) is -3.99. The molecule has 1 fully saturated rings. The minimum absolute atomic E-state index is 0.0910. The SMILES string of the molecule is CCOc1ccc(N(CC(=O)NCc2cccc(N3CCCC3=O)c2)S(=O)(=O)c2ccccc2)cc1. The summed E-state index contributed by atoms with van der Waals surface area (Å²) in [5.41, 5.74) is 1.97. The van der Waals surface area contributed by atoms with Gasteiger partial charge in [0.25, 0.3) is 10.0 Å². The number of rotatable bonds is 10. The Morgan fingerprint density at radius 2 is 1.78 bits per heavy atom. The van der Waals surface area contributed by atoms with E-state index in [2.05, 4.69) is 5.32 Å². The fourth-order valence-electron chi connectivity index (χ4n) is 4.05. The average Bonchev–Trinajstić information content (AvgIpc) is 3.33. The minimum atomic E-state index is -3.99. The Kier molecular flexibility index (Phi) is 7.90. The molecule has 0 spiro atoms. The number of hydrogen-bond donors (Lipinski definition) is 1. The summed E-state index contributed by atoms with van der Waals surface area (Å²) in [5, 5.41) is 2.81. The van der Waals surface area contributed by atoms with E-state index in [4.69, 9.17) is 4.74 Å². The molecule has 3 aromatic rings. The Morgan fingerprint density at radius 1 is 1.03 bits per heavy atom. The van der Waals surface area contributed by atoms with Crippen molar-refractivity contribution in [3.05, 3.63) is 84.4 Å². The number of benzene rings is 3. The van der Waals surface area contributed by atoms with Crippen molar-refractivity contribution in [1.29, 1.82) is 0 Å². The third-order valence-electron chi connectivity index (χ3n) is 5.84. The molecule has 0 saturated carbocycles. The lowest BCUT2D eigenvalue weighted by molar-refractivity contribution is -0.120. The smallest absolute Gasteiger partial charge is 0.264 e. The third-order valence-corrected chi connectivity index (χ3v) is 7.63. The molecule has 0 bridgehead atoms. The first kappa shape index (κ1) is 25.2. The normalized spacial score (nSPS) is 13.5. The van der Waals surface area contributed by atoms with Gasteiger partial charge in [-0.3, -0.25) is 13.9 Å². The monoisotopic (exact) mass is 507 g/mol. The molecule has 0 atom stereocenters. The first-order valence-electron chi connectivity index (χ1n) is 11.8. The van der Waals surface area contributed by atoms with Gasteiger partial charge < -0.3 is 15.0 Å². The zero-order chi connectivity index (χ0) is 25.5. The predicted molar refractivity (Wildman–Crippen MR) is 138 cm³/mol. The molecular weight excluding hydrogens is 478 g/mol. The van der Waals surface area contributed by atoms with E-state index in [1.165, 1.54) is 12.1 Å². The van der Waals surface area contributed by atoms with E-state index in [-0.39, 0.29) is 17.3 Å². The summed E-state index contributed by atoms with van der Waals surface area (Å²) in [5.74, 6) is 0.249. The highest BCUT2D eigenvalue weighted by molar-refractivity contribution is 7.92. The summed E-state index contributed by atoms with van der Waals surface area (Å²) in [6.45, 7) is 2.85. The quantitative estimate of drug-likeness (QED) is 0.451. The van der Waals surface area contributed by atoms with Crippen LogP contribution in [0.2, 0.25) is 0 Å². The van der Waals surface area contributed by atoms with Gasteiger partial charge in [-0.25, -0.2) is 8.42 Å². The van der Waals surface area contributed by atoms with Crippen LogP contribution < -0.4 is 19.3 Å². The van der Waals surface area contributed by atoms with Crippen LogP contribution in [0.15, 0.2) is 83.8 Å². The van der Waals surface area contributed by atoms with Crippen LogP contribution in [0.4, 0.5) is 11.4 Å². The summed E-state index contributed by atoms with van der Waals surface area (Å²) in [6, 6.07) is 22.0. The molecule has 3 aromatic carbocycles. The number of anilines is 2. The molecule has 1 aliphatic rings. The Balaban J connectivity index is 1.51. The highest BCUT2D eigenvalue weighted by atomic mass is 32.2. The maximum atomic E-state index is 13.5. The molecule has 1 saturated heterocycles. The van der Waals surface area contributed by atoms with Crippen molar-refractivity contribution in [2.75, 3.05) is 28.9 Å². The van der Waals surface area contributed by atoms with Crippen molar-refractivity contribution in [1.82, 2.24) is 5.32 Å². The van der Waals surface area contributed by atoms with Crippen molar-refractivity contribution in [2.45, 2.75) is 31.2 Å². The van der Waals surface area contributed by atoms with Crippen LogP contribution in [0.25, 0.3) is 0 Å². The molecule has 0 aromatic heterocycles. The van der Waals surface area contributed by atoms with Crippen LogP contribution in [-0.2, 0) is 26.2 Å². The van der Waals surface area contributed by atoms with Crippen molar-refractivity contribution in [2.24, 2.45) is 0 Å². The maximum Gasteiger partial charge on any atom is 0.264 e. The molecule has 8 nitrogen and oxygen atoms in total. The Hall–Kier alpha value is -3.85. The largest absolute Gasteiger partial charge is 0.494 e. The molecule has 2 amide bonds. The van der Waals surface area contributed by atoms with E-state index in [0.29, 0.717) is 31.0 Å². The second-order valence-electron chi connectivity index (χ2n) is 8.35. The topological polar surface area (TPSA) is 96.0 Å². The summed E-state index contributed by atoms with van der Waals surface area (Å²) in [4.78, 5) is 26.8. The van der Waals surface area contributed by atoms with Gasteiger partial charge in [0.15, 0.2) is 0 Å². The third kappa shape index (κ3) is 5.85. The number of ether oxygens (including phenoxy) is 1. The van der Waals surface area contributed by atoms with E-state index < -0.39 is 22.5 Å². The Labute approximate surface area is 211 Å². The molecule has 188 valence electrons. The van der Waals surface area contributed by atoms with E-state index in [1.807, 2.05) is 31.2 Å². The lowest BCUT2D eigenvalue weighted by atomic mass is 10.2. The van der Waals surface area contributed by atoms with E-state index >= 15 is 0 Å². The molecule has 1 heterocycles. The van der Waals surface area contributed by atoms with E-state index in [1.54, 1.807) is 47.4 Å². The van der Waals surface area contributed by atoms with E-state index in [9.17, 15) is 18.0 Å². The first-order valence-corrected chi connectivity index (χ1v) is 13.3. The number of hydrogen-bond acceptors (Lipinski definition) is 5. The van der Waals surface area contributed by atoms with Crippen molar-refractivity contribution in [3.8, 4) is 5.75 Å². The second kappa shape index (κ2) is 11.3. The molecule has 36 heavy (non-hydrogen) atoms. The van der Waals surface area contributed by atoms with Crippen LogP contribution in [0.5, 0.6) is 5.75 Å². The fraction of sp³-hybridized carbons (Fsp3) is 0.259. The van der Waals surface area contributed by atoms with Gasteiger partial charge in [0.2, 0.25) is 11.8 Å². The van der Waals surface area contributed by atoms with Gasteiger partial charge >= 0.3 is 0 Å². The molecular formula is C27H29N3O5S. The number of sulfonamides is 1. The van der Waals surface area contributed by atoms with Crippen LogP contribution in [-0.4, -0.2) is 39.9 Å². The van der Waals surface area contributed by atoms with Gasteiger partial charge in [0, 0.05) is 25.2 Å². The number of carbonyl (C=O) groups is 2. The lowest BCUT2D eigenvalue weighted by Gasteiger charge is -2.24. The number of nitrogens with one attached hydrogen (secondary N) is 1. The van der Waals surface area contributed by atoms with Gasteiger partial charge in [-0.1, -0.05) is 30.3 Å². The molecule has 1 aliphatic heterocycles. The first-order chi connectivity index (χ1) is 17.4. The number of carbonyl (C=O) groups excluding carboxylic acids is 2. The second-order valence-corrected chi connectivity index (χ2v) is 10.2. The summed E-state index contributed by atoms with van der Waals surface area (Å²) in [6.07, 6.45) is 1.37. The Bertz CT molecular complexity index is 1310. The average molecular weight is 508 g/mol. The van der Waals surface area contributed by atoms with Crippen LogP contribution in [0.1, 0.15) is 25.3 Å². The fourth-order valence-corrected chi connectivity index (χ4v) is 5.49. The van der Waals surface area contributed by atoms with Gasteiger partial charge in [-0.15, -0.1) is 0 Å². The summed E-state index contributed by atoms with van der Waals surface area (Å²) < 4.78 is 33.5. The minimum Gasteiger partial charge on any atom is -0.494 e. The van der Waals surface area contributed by atoms with Gasteiger partial charge in [0.05, 0.1) is 17.2 Å². The van der Waals surface area contributed by atoms with Crippen LogP contribution >= 0.6 is 0 Å². The number of nitrogens with zero attached hydrogens (tertiary/aromatic N) is 2. The number of amides is 2. The molecule has 0 unspecified atom stereocenters. The van der Waals surface area contributed by atoms with Gasteiger partial charge in [-0.05, 0) is 67.4 Å². The van der Waals surface area contributed by atoms with Gasteiger partial charge in [0.1, 0.15) is 12.3 Å². The zero-order valence-electron chi connectivity index (χ0n) is 20.1. The highest BCUT2D eigenvalue weighted by Gasteiger charge is 2.27. The van der Waals surface area contributed by atoms with Crippen molar-refractivity contribution >= 4 is 33.2 Å². The predicted octanol–water partition coefficient (Wildman–Crippen LogP) is 3.72. The van der Waals surface area contributed by atoms with Crippen LogP contribution in [0, 0.1) is 0 Å². The standard InChI is InChI=1S/C27H29N3O5S/c1-2-35-24-15-13-22(14-16-24)30(36(33,34)25-10-4-3-5-11-25)20-26(31)28-19-21-8-6-9-23(18-21)29-17-7-12-27(29)32/h3-6,8-11,13-16,18H,2,7,12,17,19-20H2,1H3,(H,28,31). The van der Waals surface area contributed by atoms with Gasteiger partial charge in [-0.2, -0.15) is 0 Å². The highest BCUT2D eigenvalue weighted by Crippen LogP contribution is 2.26. The van der Waals surface area contributed by atoms with Crippen molar-refractivity contribution < 1.29 is 22.7 Å². The maximum absolute atomic E-state index is 13.5. The Morgan fingerprint density at radius 3 is 2.44 bits per heavy atom.